The Labute approximate surface area is 115 Å². The third kappa shape index (κ3) is 3.51. The third-order valence-corrected chi connectivity index (χ3v) is 2.94. The number of nitrogens with one attached hydrogen (secondary N) is 2. The molecule has 1 saturated heterocycles. The molecule has 1 aromatic rings. The first kappa shape index (κ1) is 13.5. The summed E-state index contributed by atoms with van der Waals surface area (Å²) in [7, 11) is 0. The number of halogens is 1. The first-order valence-corrected chi connectivity index (χ1v) is 6.12. The Hall–Kier alpha value is -1.95. The van der Waals surface area contributed by atoms with Crippen LogP contribution in [0, 0.1) is 6.92 Å². The summed E-state index contributed by atoms with van der Waals surface area (Å²) in [6.45, 7) is 2.15. The number of carbonyl (C=O) groups excluding carboxylic acids is 2. The molecule has 0 saturated carbocycles. The van der Waals surface area contributed by atoms with E-state index in [1.165, 1.54) is 4.90 Å². The number of ether oxygens (including phenoxy) is 1. The van der Waals surface area contributed by atoms with Gasteiger partial charge in [-0.1, -0.05) is 11.6 Å². The van der Waals surface area contributed by atoms with Gasteiger partial charge >= 0.3 is 6.03 Å². The molecule has 0 radical (unpaired) electrons. The molecule has 2 rings (SSSR count). The van der Waals surface area contributed by atoms with Gasteiger partial charge in [-0.05, 0) is 30.7 Å². The summed E-state index contributed by atoms with van der Waals surface area (Å²) in [5.41, 5.74) is 0.866. The lowest BCUT2D eigenvalue weighted by molar-refractivity contribution is -0.134. The second-order valence-corrected chi connectivity index (χ2v) is 4.57. The number of rotatable bonds is 3. The Morgan fingerprint density at radius 2 is 2.11 bits per heavy atom. The summed E-state index contributed by atoms with van der Waals surface area (Å²) in [6.07, 6.45) is 0. The fourth-order valence-electron chi connectivity index (χ4n) is 1.63. The van der Waals surface area contributed by atoms with E-state index in [1.807, 2.05) is 6.92 Å². The summed E-state index contributed by atoms with van der Waals surface area (Å²) >= 11 is 5.84. The van der Waals surface area contributed by atoms with Crippen molar-refractivity contribution < 1.29 is 14.3 Å². The molecule has 0 bridgehead atoms. The molecule has 6 nitrogen and oxygen atoms in total. The molecular formula is C12H14ClN3O3. The van der Waals surface area contributed by atoms with E-state index in [-0.39, 0.29) is 31.9 Å². The van der Waals surface area contributed by atoms with Gasteiger partial charge in [-0.3, -0.25) is 4.79 Å². The van der Waals surface area contributed by atoms with Gasteiger partial charge in [0, 0.05) is 5.02 Å². The van der Waals surface area contributed by atoms with Crippen LogP contribution in [-0.2, 0) is 4.79 Å². The highest BCUT2D eigenvalue weighted by Crippen LogP contribution is 2.21. The number of carbonyl (C=O) groups is 2. The van der Waals surface area contributed by atoms with Gasteiger partial charge in [0.15, 0.2) is 6.61 Å². The predicted molar refractivity (Wildman–Crippen MR) is 69.9 cm³/mol. The Balaban J connectivity index is 1.88. The van der Waals surface area contributed by atoms with Crippen LogP contribution in [-0.4, -0.2) is 36.8 Å². The van der Waals surface area contributed by atoms with Gasteiger partial charge in [0.2, 0.25) is 0 Å². The zero-order chi connectivity index (χ0) is 13.8. The summed E-state index contributed by atoms with van der Waals surface area (Å²) in [6, 6.07) is 4.92. The summed E-state index contributed by atoms with van der Waals surface area (Å²) in [4.78, 5) is 24.2. The average molecular weight is 284 g/mol. The van der Waals surface area contributed by atoms with E-state index in [2.05, 4.69) is 10.6 Å². The topological polar surface area (TPSA) is 70.7 Å². The molecule has 1 aromatic carbocycles. The number of urea groups is 1. The minimum absolute atomic E-state index is 0.0833. The van der Waals surface area contributed by atoms with Crippen LogP contribution < -0.4 is 15.4 Å². The molecule has 0 unspecified atom stereocenters. The normalized spacial score (nSPS) is 14.6. The monoisotopic (exact) mass is 283 g/mol. The quantitative estimate of drug-likeness (QED) is 0.872. The Morgan fingerprint density at radius 3 is 2.74 bits per heavy atom. The molecule has 0 aliphatic carbocycles. The molecule has 2 N–H and O–H groups in total. The van der Waals surface area contributed by atoms with E-state index in [0.29, 0.717) is 10.8 Å². The molecule has 3 amide bonds. The zero-order valence-corrected chi connectivity index (χ0v) is 11.2. The van der Waals surface area contributed by atoms with Gasteiger partial charge in [-0.2, -0.15) is 0 Å². The molecule has 1 heterocycles. The molecule has 19 heavy (non-hydrogen) atoms. The third-order valence-electron chi connectivity index (χ3n) is 2.70. The van der Waals surface area contributed by atoms with Crippen molar-refractivity contribution in [3.8, 4) is 5.75 Å². The summed E-state index contributed by atoms with van der Waals surface area (Å²) < 4.78 is 5.44. The van der Waals surface area contributed by atoms with Crippen LogP contribution in [0.2, 0.25) is 5.02 Å². The number of benzene rings is 1. The zero-order valence-electron chi connectivity index (χ0n) is 10.4. The van der Waals surface area contributed by atoms with Crippen molar-refractivity contribution >= 4 is 23.5 Å². The van der Waals surface area contributed by atoms with E-state index in [9.17, 15) is 9.59 Å². The van der Waals surface area contributed by atoms with E-state index in [0.717, 1.165) is 5.56 Å². The molecule has 7 heteroatoms. The Kier molecular flexibility index (Phi) is 4.11. The lowest BCUT2D eigenvalue weighted by atomic mass is 10.2. The fraction of sp³-hybridized carbons (Fsp3) is 0.333. The van der Waals surface area contributed by atoms with Crippen LogP contribution in [0.5, 0.6) is 5.75 Å². The second kappa shape index (κ2) is 5.79. The molecule has 0 spiro atoms. The van der Waals surface area contributed by atoms with Crippen molar-refractivity contribution in [3.05, 3.63) is 28.8 Å². The SMILES string of the molecule is Cc1cc(Cl)ccc1OCC(=O)N1CNC(=O)NC1. The number of hydrogen-bond acceptors (Lipinski definition) is 3. The van der Waals surface area contributed by atoms with Gasteiger partial charge in [-0.25, -0.2) is 4.79 Å². The number of amides is 3. The van der Waals surface area contributed by atoms with E-state index >= 15 is 0 Å². The molecule has 1 fully saturated rings. The van der Waals surface area contributed by atoms with Gasteiger partial charge < -0.3 is 20.3 Å². The van der Waals surface area contributed by atoms with Crippen molar-refractivity contribution in [1.82, 2.24) is 15.5 Å². The molecule has 0 aromatic heterocycles. The van der Waals surface area contributed by atoms with Crippen molar-refractivity contribution in [2.75, 3.05) is 19.9 Å². The van der Waals surface area contributed by atoms with Crippen molar-refractivity contribution in [2.45, 2.75) is 6.92 Å². The maximum atomic E-state index is 11.8. The van der Waals surface area contributed by atoms with Crippen molar-refractivity contribution in [1.29, 1.82) is 0 Å². The first-order chi connectivity index (χ1) is 9.06. The first-order valence-electron chi connectivity index (χ1n) is 5.74. The highest BCUT2D eigenvalue weighted by atomic mass is 35.5. The number of aryl methyl sites for hydroxylation is 1. The Bertz CT molecular complexity index is 497. The summed E-state index contributed by atoms with van der Waals surface area (Å²) in [5, 5.41) is 5.65. The van der Waals surface area contributed by atoms with Crippen LogP contribution in [0.3, 0.4) is 0 Å². The van der Waals surface area contributed by atoms with Gasteiger partial charge in [-0.15, -0.1) is 0 Å². The molecule has 1 aliphatic heterocycles. The standard InChI is InChI=1S/C12H14ClN3O3/c1-8-4-9(13)2-3-10(8)19-5-11(17)16-6-14-12(18)15-7-16/h2-4H,5-7H2,1H3,(H2,14,15,18). The largest absolute Gasteiger partial charge is 0.483 e. The van der Waals surface area contributed by atoms with Gasteiger partial charge in [0.25, 0.3) is 5.91 Å². The van der Waals surface area contributed by atoms with Crippen LogP contribution >= 0.6 is 11.6 Å². The minimum Gasteiger partial charge on any atom is -0.483 e. The minimum atomic E-state index is -0.279. The lowest BCUT2D eigenvalue weighted by Crippen LogP contribution is -2.56. The van der Waals surface area contributed by atoms with Crippen LogP contribution in [0.15, 0.2) is 18.2 Å². The number of nitrogens with zero attached hydrogens (tertiary/aromatic N) is 1. The van der Waals surface area contributed by atoms with Gasteiger partial charge in [0.1, 0.15) is 5.75 Å². The second-order valence-electron chi connectivity index (χ2n) is 4.13. The van der Waals surface area contributed by atoms with Crippen molar-refractivity contribution in [2.24, 2.45) is 0 Å². The molecule has 1 aliphatic rings. The van der Waals surface area contributed by atoms with Crippen LogP contribution in [0.1, 0.15) is 5.56 Å². The van der Waals surface area contributed by atoms with Crippen LogP contribution in [0.4, 0.5) is 4.79 Å². The maximum Gasteiger partial charge on any atom is 0.317 e. The Morgan fingerprint density at radius 1 is 1.42 bits per heavy atom. The highest BCUT2D eigenvalue weighted by molar-refractivity contribution is 6.30. The van der Waals surface area contributed by atoms with Crippen molar-refractivity contribution in [3.63, 3.8) is 0 Å². The molecular weight excluding hydrogens is 270 g/mol. The van der Waals surface area contributed by atoms with E-state index in [4.69, 9.17) is 16.3 Å². The fourth-order valence-corrected chi connectivity index (χ4v) is 1.86. The number of hydrogen-bond donors (Lipinski definition) is 2. The summed E-state index contributed by atoms with van der Waals surface area (Å²) in [5.74, 6) is 0.411. The molecule has 0 atom stereocenters. The lowest BCUT2D eigenvalue weighted by Gasteiger charge is -2.27. The smallest absolute Gasteiger partial charge is 0.317 e. The maximum absolute atomic E-state index is 11.8. The van der Waals surface area contributed by atoms with Crippen LogP contribution in [0.25, 0.3) is 0 Å². The van der Waals surface area contributed by atoms with E-state index in [1.54, 1.807) is 18.2 Å². The molecule has 102 valence electrons. The predicted octanol–water partition coefficient (Wildman–Crippen LogP) is 1.08. The highest BCUT2D eigenvalue weighted by Gasteiger charge is 2.19. The van der Waals surface area contributed by atoms with Gasteiger partial charge in [0.05, 0.1) is 13.3 Å². The average Bonchev–Trinajstić information content (AvgIpc) is 2.38. The van der Waals surface area contributed by atoms with E-state index < -0.39 is 0 Å².